The van der Waals surface area contributed by atoms with Gasteiger partial charge in [0.15, 0.2) is 0 Å². The predicted molar refractivity (Wildman–Crippen MR) is 70.3 cm³/mol. The molecule has 0 saturated heterocycles. The summed E-state index contributed by atoms with van der Waals surface area (Å²) in [6.07, 6.45) is -5.30. The highest BCUT2D eigenvalue weighted by atomic mass is 19.4. The van der Waals surface area contributed by atoms with Gasteiger partial charge < -0.3 is 10.5 Å². The van der Waals surface area contributed by atoms with Crippen molar-refractivity contribution in [2.45, 2.75) is 12.3 Å². The van der Waals surface area contributed by atoms with Crippen LogP contribution in [0.4, 0.5) is 17.6 Å². The number of benzene rings is 2. The van der Waals surface area contributed by atoms with E-state index < -0.39 is 23.7 Å². The second-order valence-electron chi connectivity index (χ2n) is 4.39. The number of alkyl halides is 3. The maximum absolute atomic E-state index is 12.9. The molecule has 0 aromatic heterocycles. The topological polar surface area (TPSA) is 35.2 Å². The van der Waals surface area contributed by atoms with Crippen LogP contribution in [0.3, 0.4) is 0 Å². The minimum atomic E-state index is -4.52. The third kappa shape index (κ3) is 3.72. The van der Waals surface area contributed by atoms with Gasteiger partial charge in [0.25, 0.3) is 0 Å². The number of para-hydroxylation sites is 1. The van der Waals surface area contributed by atoms with Gasteiger partial charge in [-0.15, -0.1) is 0 Å². The van der Waals surface area contributed by atoms with Crippen molar-refractivity contribution in [3.63, 3.8) is 0 Å². The van der Waals surface area contributed by atoms with Crippen molar-refractivity contribution < 1.29 is 22.3 Å². The average Bonchev–Trinajstić information content (AvgIpc) is 2.45. The summed E-state index contributed by atoms with van der Waals surface area (Å²) < 4.78 is 57.0. The molecular weight excluding hydrogens is 286 g/mol. The van der Waals surface area contributed by atoms with Crippen molar-refractivity contribution in [1.29, 1.82) is 0 Å². The zero-order valence-electron chi connectivity index (χ0n) is 10.9. The number of hydrogen-bond acceptors (Lipinski definition) is 2. The van der Waals surface area contributed by atoms with Gasteiger partial charge in [0.2, 0.25) is 0 Å². The highest BCUT2D eigenvalue weighted by Crippen LogP contribution is 2.37. The van der Waals surface area contributed by atoms with E-state index in [0.29, 0.717) is 5.56 Å². The van der Waals surface area contributed by atoms with Gasteiger partial charge in [0.1, 0.15) is 17.7 Å². The summed E-state index contributed by atoms with van der Waals surface area (Å²) in [7, 11) is 0. The summed E-state index contributed by atoms with van der Waals surface area (Å²) in [6.45, 7) is -0.0299. The molecule has 0 spiro atoms. The Kier molecular flexibility index (Phi) is 4.47. The molecule has 2 N–H and O–H groups in total. The van der Waals surface area contributed by atoms with Crippen molar-refractivity contribution >= 4 is 0 Å². The van der Waals surface area contributed by atoms with Crippen LogP contribution in [-0.2, 0) is 6.18 Å². The van der Waals surface area contributed by atoms with E-state index in [-0.39, 0.29) is 12.3 Å². The first-order chi connectivity index (χ1) is 9.91. The maximum Gasteiger partial charge on any atom is 0.419 e. The van der Waals surface area contributed by atoms with E-state index in [9.17, 15) is 17.6 Å². The van der Waals surface area contributed by atoms with Crippen LogP contribution in [0.1, 0.15) is 17.2 Å². The molecule has 2 aromatic rings. The molecule has 2 rings (SSSR count). The quantitative estimate of drug-likeness (QED) is 0.868. The van der Waals surface area contributed by atoms with E-state index in [1.807, 2.05) is 0 Å². The highest BCUT2D eigenvalue weighted by Gasteiger charge is 2.34. The highest BCUT2D eigenvalue weighted by molar-refractivity contribution is 5.36. The second-order valence-corrected chi connectivity index (χ2v) is 4.39. The van der Waals surface area contributed by atoms with Gasteiger partial charge in [-0.25, -0.2) is 4.39 Å². The van der Waals surface area contributed by atoms with E-state index in [2.05, 4.69) is 0 Å². The Balaban J connectivity index is 2.29. The zero-order valence-corrected chi connectivity index (χ0v) is 10.9. The van der Waals surface area contributed by atoms with Crippen molar-refractivity contribution in [2.24, 2.45) is 5.73 Å². The molecule has 0 aliphatic heterocycles. The number of nitrogens with two attached hydrogens (primary N) is 1. The first kappa shape index (κ1) is 15.3. The molecule has 0 aliphatic carbocycles. The second kappa shape index (κ2) is 6.13. The van der Waals surface area contributed by atoms with Crippen LogP contribution < -0.4 is 10.5 Å². The third-order valence-electron chi connectivity index (χ3n) is 2.92. The SMILES string of the molecule is NCC(Oc1ccccc1C(F)(F)F)c1ccc(F)cc1. The zero-order chi connectivity index (χ0) is 15.5. The molecule has 0 fully saturated rings. The van der Waals surface area contributed by atoms with Crippen LogP contribution >= 0.6 is 0 Å². The molecule has 0 saturated carbocycles. The van der Waals surface area contributed by atoms with Gasteiger partial charge >= 0.3 is 6.18 Å². The predicted octanol–water partition coefficient (Wildman–Crippen LogP) is 3.92. The number of ether oxygens (including phenoxy) is 1. The van der Waals surface area contributed by atoms with Gasteiger partial charge in [0.05, 0.1) is 5.56 Å². The molecule has 0 aliphatic rings. The summed E-state index contributed by atoms with van der Waals surface area (Å²) in [5.41, 5.74) is 5.19. The molecule has 6 heteroatoms. The summed E-state index contributed by atoms with van der Waals surface area (Å²) in [6, 6.07) is 10.2. The number of halogens is 4. The van der Waals surface area contributed by atoms with E-state index in [1.165, 1.54) is 42.5 Å². The molecule has 2 nitrogen and oxygen atoms in total. The molecular formula is C15H13F4NO. The molecule has 0 bridgehead atoms. The van der Waals surface area contributed by atoms with Gasteiger partial charge in [0, 0.05) is 6.54 Å². The first-order valence-corrected chi connectivity index (χ1v) is 6.20. The lowest BCUT2D eigenvalue weighted by molar-refractivity contribution is -0.139. The van der Waals surface area contributed by atoms with Gasteiger partial charge in [-0.2, -0.15) is 13.2 Å². The van der Waals surface area contributed by atoms with Crippen LogP contribution in [0.2, 0.25) is 0 Å². The van der Waals surface area contributed by atoms with Crippen molar-refractivity contribution in [1.82, 2.24) is 0 Å². The van der Waals surface area contributed by atoms with Crippen LogP contribution in [0.15, 0.2) is 48.5 Å². The maximum atomic E-state index is 12.9. The fourth-order valence-electron chi connectivity index (χ4n) is 1.89. The summed E-state index contributed by atoms with van der Waals surface area (Å²) in [5.74, 6) is -0.741. The lowest BCUT2D eigenvalue weighted by Crippen LogP contribution is -2.20. The minimum absolute atomic E-state index is 0.0299. The number of hydrogen-bond donors (Lipinski definition) is 1. The molecule has 0 radical (unpaired) electrons. The molecule has 2 aromatic carbocycles. The van der Waals surface area contributed by atoms with E-state index in [4.69, 9.17) is 10.5 Å². The normalized spacial score (nSPS) is 13.0. The lowest BCUT2D eigenvalue weighted by atomic mass is 10.1. The molecule has 112 valence electrons. The van der Waals surface area contributed by atoms with Crippen molar-refractivity contribution in [3.05, 3.63) is 65.5 Å². The Hall–Kier alpha value is -2.08. The summed E-state index contributed by atoms with van der Waals surface area (Å²) >= 11 is 0. The fourth-order valence-corrected chi connectivity index (χ4v) is 1.89. The molecule has 0 amide bonds. The summed E-state index contributed by atoms with van der Waals surface area (Å²) in [4.78, 5) is 0. The van der Waals surface area contributed by atoms with Crippen LogP contribution in [0.25, 0.3) is 0 Å². The van der Waals surface area contributed by atoms with Crippen LogP contribution in [-0.4, -0.2) is 6.54 Å². The smallest absolute Gasteiger partial charge is 0.419 e. The standard InChI is InChI=1S/C15H13F4NO/c16-11-7-5-10(6-8-11)14(9-20)21-13-4-2-1-3-12(13)15(17,18)19/h1-8,14H,9,20H2. The van der Waals surface area contributed by atoms with Crippen LogP contribution in [0.5, 0.6) is 5.75 Å². The average molecular weight is 299 g/mol. The van der Waals surface area contributed by atoms with E-state index >= 15 is 0 Å². The van der Waals surface area contributed by atoms with E-state index in [0.717, 1.165) is 6.07 Å². The Labute approximate surface area is 119 Å². The first-order valence-electron chi connectivity index (χ1n) is 6.20. The molecule has 0 heterocycles. The number of rotatable bonds is 4. The minimum Gasteiger partial charge on any atom is -0.484 e. The van der Waals surface area contributed by atoms with E-state index in [1.54, 1.807) is 0 Å². The fraction of sp³-hybridized carbons (Fsp3) is 0.200. The third-order valence-corrected chi connectivity index (χ3v) is 2.92. The molecule has 1 atom stereocenters. The Bertz CT molecular complexity index is 595. The molecule has 21 heavy (non-hydrogen) atoms. The van der Waals surface area contributed by atoms with Gasteiger partial charge in [-0.05, 0) is 29.8 Å². The summed E-state index contributed by atoms with van der Waals surface area (Å²) in [5, 5.41) is 0. The van der Waals surface area contributed by atoms with Gasteiger partial charge in [-0.1, -0.05) is 24.3 Å². The Morgan fingerprint density at radius 3 is 2.19 bits per heavy atom. The lowest BCUT2D eigenvalue weighted by Gasteiger charge is -2.20. The van der Waals surface area contributed by atoms with Gasteiger partial charge in [-0.3, -0.25) is 0 Å². The Morgan fingerprint density at radius 2 is 1.62 bits per heavy atom. The van der Waals surface area contributed by atoms with Crippen molar-refractivity contribution in [2.75, 3.05) is 6.54 Å². The Morgan fingerprint density at radius 1 is 1.00 bits per heavy atom. The largest absolute Gasteiger partial charge is 0.484 e. The van der Waals surface area contributed by atoms with Crippen molar-refractivity contribution in [3.8, 4) is 5.75 Å². The molecule has 1 unspecified atom stereocenters. The van der Waals surface area contributed by atoms with Crippen LogP contribution in [0, 0.1) is 5.82 Å². The monoisotopic (exact) mass is 299 g/mol.